The number of hydrogen-bond acceptors (Lipinski definition) is 6. The number of halogens is 1. The number of nitrogen functional groups attached to an aromatic ring is 1. The molecule has 4 N–H and O–H groups in total. The van der Waals surface area contributed by atoms with Gasteiger partial charge in [-0.1, -0.05) is 0 Å². The quantitative estimate of drug-likeness (QED) is 0.554. The summed E-state index contributed by atoms with van der Waals surface area (Å²) in [7, 11) is 0. The van der Waals surface area contributed by atoms with E-state index in [4.69, 9.17) is 20.9 Å². The van der Waals surface area contributed by atoms with E-state index in [0.717, 1.165) is 28.1 Å². The second-order valence-corrected chi connectivity index (χ2v) is 7.51. The van der Waals surface area contributed by atoms with E-state index in [1.165, 1.54) is 18.3 Å². The van der Waals surface area contributed by atoms with Crippen LogP contribution in [0, 0.1) is 18.2 Å². The molecule has 0 aliphatic carbocycles. The zero-order valence-electron chi connectivity index (χ0n) is 17.7. The van der Waals surface area contributed by atoms with E-state index >= 15 is 0 Å². The van der Waals surface area contributed by atoms with E-state index in [9.17, 15) is 4.39 Å². The average Bonchev–Trinajstić information content (AvgIpc) is 3.11. The lowest BCUT2D eigenvalue weighted by molar-refractivity contribution is 0.227. The molecule has 0 amide bonds. The molecule has 2 aromatic heterocycles. The van der Waals surface area contributed by atoms with Crippen molar-refractivity contribution in [1.29, 1.82) is 5.41 Å². The van der Waals surface area contributed by atoms with Crippen LogP contribution in [-0.2, 0) is 6.54 Å². The number of aromatic nitrogens is 3. The fourth-order valence-corrected chi connectivity index (χ4v) is 3.85. The minimum Gasteiger partial charge on any atom is -0.482 e. The van der Waals surface area contributed by atoms with Gasteiger partial charge in [0.05, 0.1) is 12.2 Å². The molecule has 8 heteroatoms. The summed E-state index contributed by atoms with van der Waals surface area (Å²) < 4.78 is 22.3. The molecule has 160 valence electrons. The molecule has 3 heterocycles. The minimum atomic E-state index is -0.497. The van der Waals surface area contributed by atoms with Crippen LogP contribution in [0.15, 0.2) is 42.2 Å². The minimum absolute atomic E-state index is 0.246. The maximum absolute atomic E-state index is 14.2. The largest absolute Gasteiger partial charge is 0.482 e. The van der Waals surface area contributed by atoms with Crippen LogP contribution in [0.4, 0.5) is 10.2 Å². The highest BCUT2D eigenvalue weighted by Crippen LogP contribution is 2.35. The van der Waals surface area contributed by atoms with E-state index in [2.05, 4.69) is 10.3 Å². The van der Waals surface area contributed by atoms with Crippen molar-refractivity contribution in [1.82, 2.24) is 19.9 Å². The third-order valence-corrected chi connectivity index (χ3v) is 5.25. The number of aryl methyl sites for hydroxylation is 1. The molecule has 0 fully saturated rings. The molecule has 1 atom stereocenters. The van der Waals surface area contributed by atoms with Gasteiger partial charge in [0.15, 0.2) is 11.6 Å². The molecule has 31 heavy (non-hydrogen) atoms. The summed E-state index contributed by atoms with van der Waals surface area (Å²) in [6.07, 6.45) is 4.42. The van der Waals surface area contributed by atoms with Crippen molar-refractivity contribution in [3.63, 3.8) is 0 Å². The highest BCUT2D eigenvalue weighted by molar-refractivity contribution is 5.89. The summed E-state index contributed by atoms with van der Waals surface area (Å²) >= 11 is 0. The van der Waals surface area contributed by atoms with Crippen LogP contribution in [0.1, 0.15) is 36.8 Å². The zero-order chi connectivity index (χ0) is 22.1. The highest BCUT2D eigenvalue weighted by atomic mass is 19.1. The van der Waals surface area contributed by atoms with Crippen molar-refractivity contribution < 1.29 is 9.13 Å². The Labute approximate surface area is 180 Å². The number of ether oxygens (including phenoxy) is 1. The van der Waals surface area contributed by atoms with Gasteiger partial charge in [-0.2, -0.15) is 0 Å². The number of imidazole rings is 1. The fourth-order valence-electron chi connectivity index (χ4n) is 3.85. The highest BCUT2D eigenvalue weighted by Gasteiger charge is 2.22. The zero-order valence-corrected chi connectivity index (χ0v) is 17.7. The SMILES string of the molecule is CCN/C1=C(\C=N)Cn2cc(C)nc2-c2ccc(F)cc2C(C)Oc2cc1cnc2N. The van der Waals surface area contributed by atoms with Gasteiger partial charge >= 0.3 is 0 Å². The van der Waals surface area contributed by atoms with E-state index in [-0.39, 0.29) is 11.6 Å². The Balaban J connectivity index is 2.03. The Morgan fingerprint density at radius 1 is 1.39 bits per heavy atom. The molecule has 7 nitrogen and oxygen atoms in total. The van der Waals surface area contributed by atoms with Crippen molar-refractivity contribution in [2.45, 2.75) is 33.4 Å². The monoisotopic (exact) mass is 420 g/mol. The summed E-state index contributed by atoms with van der Waals surface area (Å²) in [5.41, 5.74) is 10.6. The maximum Gasteiger partial charge on any atom is 0.166 e. The van der Waals surface area contributed by atoms with Crippen LogP contribution < -0.4 is 15.8 Å². The molecule has 3 aromatic rings. The summed E-state index contributed by atoms with van der Waals surface area (Å²) in [6.45, 7) is 6.83. The molecule has 0 saturated carbocycles. The molecule has 2 bridgehead atoms. The number of nitrogens with two attached hydrogens (primary N) is 1. The lowest BCUT2D eigenvalue weighted by Gasteiger charge is -2.22. The number of hydrogen-bond donors (Lipinski definition) is 3. The predicted molar refractivity (Wildman–Crippen MR) is 119 cm³/mol. The first-order chi connectivity index (χ1) is 14.9. The van der Waals surface area contributed by atoms with Crippen molar-refractivity contribution in [2.24, 2.45) is 0 Å². The Morgan fingerprint density at radius 3 is 2.94 bits per heavy atom. The molecule has 1 unspecified atom stereocenters. The van der Waals surface area contributed by atoms with E-state index < -0.39 is 6.10 Å². The fraction of sp³-hybridized carbons (Fsp3) is 0.261. The predicted octanol–water partition coefficient (Wildman–Crippen LogP) is 4.10. The summed E-state index contributed by atoms with van der Waals surface area (Å²) in [4.78, 5) is 9.00. The van der Waals surface area contributed by atoms with Crippen molar-refractivity contribution in [3.05, 3.63) is 64.9 Å². The lowest BCUT2D eigenvalue weighted by atomic mass is 10.0. The van der Waals surface area contributed by atoms with Gasteiger partial charge in [-0.15, -0.1) is 0 Å². The van der Waals surface area contributed by atoms with Crippen molar-refractivity contribution in [2.75, 3.05) is 12.3 Å². The van der Waals surface area contributed by atoms with Gasteiger partial charge in [-0.25, -0.2) is 14.4 Å². The van der Waals surface area contributed by atoms with Gasteiger partial charge in [-0.05, 0) is 45.0 Å². The summed E-state index contributed by atoms with van der Waals surface area (Å²) in [5, 5.41) is 11.4. The molecule has 4 rings (SSSR count). The molecular formula is C23H25FN6O. The summed E-state index contributed by atoms with van der Waals surface area (Å²) in [5.74, 6) is 0.981. The van der Waals surface area contributed by atoms with Gasteiger partial charge in [0.1, 0.15) is 17.7 Å². The lowest BCUT2D eigenvalue weighted by Crippen LogP contribution is -2.18. The first kappa shape index (κ1) is 20.6. The number of rotatable bonds is 3. The topological polar surface area (TPSA) is 102 Å². The summed E-state index contributed by atoms with van der Waals surface area (Å²) in [6, 6.07) is 6.40. The van der Waals surface area contributed by atoms with E-state index in [1.807, 2.05) is 31.5 Å². The van der Waals surface area contributed by atoms with Crippen LogP contribution in [0.25, 0.3) is 17.1 Å². The number of fused-ring (bicyclic) bond motifs is 5. The van der Waals surface area contributed by atoms with Gasteiger partial charge in [0, 0.05) is 53.1 Å². The molecule has 1 aromatic carbocycles. The smallest absolute Gasteiger partial charge is 0.166 e. The van der Waals surface area contributed by atoms with E-state index in [1.54, 1.807) is 18.3 Å². The van der Waals surface area contributed by atoms with Crippen LogP contribution in [-0.4, -0.2) is 27.3 Å². The average molecular weight is 420 g/mol. The number of benzene rings is 1. The number of nitrogens with zero attached hydrogens (tertiary/aromatic N) is 3. The van der Waals surface area contributed by atoms with Crippen LogP contribution in [0.5, 0.6) is 5.75 Å². The number of pyridine rings is 1. The van der Waals surface area contributed by atoms with Crippen LogP contribution in [0.2, 0.25) is 0 Å². The number of anilines is 1. The van der Waals surface area contributed by atoms with Crippen molar-refractivity contribution in [3.8, 4) is 17.1 Å². The molecule has 1 aliphatic heterocycles. The van der Waals surface area contributed by atoms with Gasteiger partial charge < -0.3 is 25.8 Å². The maximum atomic E-state index is 14.2. The molecule has 0 spiro atoms. The van der Waals surface area contributed by atoms with Gasteiger partial charge in [-0.3, -0.25) is 0 Å². The van der Waals surface area contributed by atoms with E-state index in [0.29, 0.717) is 30.2 Å². The van der Waals surface area contributed by atoms with Crippen molar-refractivity contribution >= 4 is 17.7 Å². The Kier molecular flexibility index (Phi) is 5.46. The Morgan fingerprint density at radius 2 is 2.19 bits per heavy atom. The van der Waals surface area contributed by atoms with Crippen LogP contribution in [0.3, 0.4) is 0 Å². The number of allylic oxidation sites excluding steroid dienone is 1. The second kappa shape index (κ2) is 8.22. The molecular weight excluding hydrogens is 395 g/mol. The third kappa shape index (κ3) is 3.88. The normalized spacial score (nSPS) is 18.1. The molecule has 1 aliphatic rings. The first-order valence-corrected chi connectivity index (χ1v) is 10.1. The molecule has 0 saturated heterocycles. The number of nitrogens with one attached hydrogen (secondary N) is 2. The molecule has 0 radical (unpaired) electrons. The second-order valence-electron chi connectivity index (χ2n) is 7.51. The third-order valence-electron chi connectivity index (χ3n) is 5.25. The van der Waals surface area contributed by atoms with Gasteiger partial charge in [0.2, 0.25) is 0 Å². The Bertz CT molecular complexity index is 1180. The van der Waals surface area contributed by atoms with Gasteiger partial charge in [0.25, 0.3) is 0 Å². The first-order valence-electron chi connectivity index (χ1n) is 10.1. The Hall–Kier alpha value is -3.68. The van der Waals surface area contributed by atoms with Crippen LogP contribution >= 0.6 is 0 Å². The standard InChI is InChI=1S/C23H25FN6O/c1-4-27-21-15-7-20(22(26)28-10-15)31-14(3)19-8-17(24)5-6-18(19)23-29-13(2)11-30(23)12-16(21)9-25/h5-11,14,25,27H,4,12H2,1-3H3,(H2,26,28)/b21-16+,25-9?.